The van der Waals surface area contributed by atoms with Crippen LogP contribution >= 0.6 is 0 Å². The van der Waals surface area contributed by atoms with Gasteiger partial charge in [0.1, 0.15) is 0 Å². The highest BCUT2D eigenvalue weighted by Crippen LogP contribution is 2.37. The van der Waals surface area contributed by atoms with Crippen molar-refractivity contribution in [3.63, 3.8) is 0 Å². The number of anilines is 1. The minimum Gasteiger partial charge on any atom is -0.377 e. The third-order valence-electron chi connectivity index (χ3n) is 2.61. The first kappa shape index (κ1) is 13.9. The van der Waals surface area contributed by atoms with Crippen LogP contribution in [-0.4, -0.2) is 14.1 Å². The van der Waals surface area contributed by atoms with Gasteiger partial charge in [0.05, 0.1) is 5.56 Å². The highest BCUT2D eigenvalue weighted by Gasteiger charge is 2.32. The van der Waals surface area contributed by atoms with E-state index in [1.54, 1.807) is 25.1 Å². The lowest BCUT2D eigenvalue weighted by molar-refractivity contribution is -0.137. The number of rotatable bonds is 1. The van der Waals surface area contributed by atoms with Crippen molar-refractivity contribution >= 4 is 5.69 Å². The molecular formula is C13H18F3N. The van der Waals surface area contributed by atoms with Gasteiger partial charge in [0.15, 0.2) is 0 Å². The summed E-state index contributed by atoms with van der Waals surface area (Å²) in [6.45, 7) is 5.97. The predicted molar refractivity (Wildman–Crippen MR) is 64.5 cm³/mol. The molecule has 4 heteroatoms. The largest absolute Gasteiger partial charge is 0.416 e. The van der Waals surface area contributed by atoms with Gasteiger partial charge in [-0.15, -0.1) is 0 Å². The Morgan fingerprint density at radius 3 is 1.88 bits per heavy atom. The molecule has 0 aliphatic carbocycles. The van der Waals surface area contributed by atoms with E-state index in [1.165, 1.54) is 6.07 Å². The number of hydrogen-bond acceptors (Lipinski definition) is 1. The second-order valence-electron chi connectivity index (χ2n) is 5.37. The van der Waals surface area contributed by atoms with Crippen LogP contribution in [0, 0.1) is 0 Å². The fourth-order valence-electron chi connectivity index (χ4n) is 1.71. The summed E-state index contributed by atoms with van der Waals surface area (Å²) in [7, 11) is 3.51. The Balaban J connectivity index is 3.38. The zero-order chi connectivity index (χ0) is 13.4. The van der Waals surface area contributed by atoms with E-state index in [0.717, 1.165) is 11.6 Å². The van der Waals surface area contributed by atoms with E-state index in [-0.39, 0.29) is 5.41 Å². The van der Waals surface area contributed by atoms with Gasteiger partial charge in [-0.3, -0.25) is 0 Å². The van der Waals surface area contributed by atoms with Gasteiger partial charge in [-0.1, -0.05) is 26.8 Å². The molecular weight excluding hydrogens is 227 g/mol. The van der Waals surface area contributed by atoms with Crippen LogP contribution in [-0.2, 0) is 11.6 Å². The molecule has 0 heterocycles. The normalized spacial score (nSPS) is 12.7. The standard InChI is InChI=1S/C13H18F3N/c1-12(2,3)10-7-6-9(13(14,15)16)8-11(10)17(4)5/h6-8H,1-5H3. The monoisotopic (exact) mass is 245 g/mol. The fraction of sp³-hybridized carbons (Fsp3) is 0.538. The van der Waals surface area contributed by atoms with E-state index in [4.69, 9.17) is 0 Å². The highest BCUT2D eigenvalue weighted by molar-refractivity contribution is 5.57. The Kier molecular flexibility index (Phi) is 3.46. The van der Waals surface area contributed by atoms with Crippen LogP contribution in [0.15, 0.2) is 18.2 Å². The summed E-state index contributed by atoms with van der Waals surface area (Å²) in [5.74, 6) is 0. The van der Waals surface area contributed by atoms with Crippen LogP contribution < -0.4 is 4.90 Å². The summed E-state index contributed by atoms with van der Waals surface area (Å²) < 4.78 is 37.9. The molecule has 0 saturated carbocycles. The quantitative estimate of drug-likeness (QED) is 0.721. The molecule has 0 bridgehead atoms. The second kappa shape index (κ2) is 4.24. The van der Waals surface area contributed by atoms with Crippen LogP contribution in [0.5, 0.6) is 0 Å². The maximum Gasteiger partial charge on any atom is 0.416 e. The summed E-state index contributed by atoms with van der Waals surface area (Å²) in [6, 6.07) is 3.92. The second-order valence-corrected chi connectivity index (χ2v) is 5.37. The Morgan fingerprint density at radius 1 is 1.00 bits per heavy atom. The van der Waals surface area contributed by atoms with E-state index in [2.05, 4.69) is 0 Å². The number of alkyl halides is 3. The maximum absolute atomic E-state index is 12.6. The number of halogens is 3. The Morgan fingerprint density at radius 2 is 1.53 bits per heavy atom. The molecule has 0 N–H and O–H groups in total. The van der Waals surface area contributed by atoms with Crippen molar-refractivity contribution in [1.29, 1.82) is 0 Å². The smallest absolute Gasteiger partial charge is 0.377 e. The minimum atomic E-state index is -4.29. The van der Waals surface area contributed by atoms with Gasteiger partial charge < -0.3 is 4.90 Å². The molecule has 17 heavy (non-hydrogen) atoms. The molecule has 96 valence electrons. The molecule has 0 amide bonds. The van der Waals surface area contributed by atoms with Crippen molar-refractivity contribution in [3.05, 3.63) is 29.3 Å². The van der Waals surface area contributed by atoms with E-state index < -0.39 is 11.7 Å². The SMILES string of the molecule is CN(C)c1cc(C(F)(F)F)ccc1C(C)(C)C. The van der Waals surface area contributed by atoms with Gasteiger partial charge >= 0.3 is 6.18 Å². The summed E-state index contributed by atoms with van der Waals surface area (Å²) >= 11 is 0. The third-order valence-corrected chi connectivity index (χ3v) is 2.61. The van der Waals surface area contributed by atoms with E-state index >= 15 is 0 Å². The van der Waals surface area contributed by atoms with Crippen molar-refractivity contribution in [2.24, 2.45) is 0 Å². The van der Waals surface area contributed by atoms with Crippen molar-refractivity contribution in [2.45, 2.75) is 32.4 Å². The van der Waals surface area contributed by atoms with Crippen LogP contribution in [0.3, 0.4) is 0 Å². The van der Waals surface area contributed by atoms with Gasteiger partial charge in [-0.25, -0.2) is 0 Å². The molecule has 0 atom stereocenters. The summed E-state index contributed by atoms with van der Waals surface area (Å²) in [6.07, 6.45) is -4.29. The first-order valence-electron chi connectivity index (χ1n) is 5.42. The van der Waals surface area contributed by atoms with Crippen LogP contribution in [0.25, 0.3) is 0 Å². The van der Waals surface area contributed by atoms with Crippen molar-refractivity contribution in [3.8, 4) is 0 Å². The topological polar surface area (TPSA) is 3.24 Å². The van der Waals surface area contributed by atoms with Crippen molar-refractivity contribution < 1.29 is 13.2 Å². The number of hydrogen-bond donors (Lipinski definition) is 0. The van der Waals surface area contributed by atoms with Gasteiger partial charge in [0, 0.05) is 19.8 Å². The van der Waals surface area contributed by atoms with Crippen molar-refractivity contribution in [1.82, 2.24) is 0 Å². The predicted octanol–water partition coefficient (Wildman–Crippen LogP) is 4.07. The average molecular weight is 245 g/mol. The zero-order valence-electron chi connectivity index (χ0n) is 10.8. The number of nitrogens with zero attached hydrogens (tertiary/aromatic N) is 1. The van der Waals surface area contributed by atoms with Crippen molar-refractivity contribution in [2.75, 3.05) is 19.0 Å². The minimum absolute atomic E-state index is 0.177. The highest BCUT2D eigenvalue weighted by atomic mass is 19.4. The first-order valence-corrected chi connectivity index (χ1v) is 5.42. The summed E-state index contributed by atoms with van der Waals surface area (Å²) in [5, 5.41) is 0. The molecule has 0 radical (unpaired) electrons. The van der Waals surface area contributed by atoms with Gasteiger partial charge in [-0.05, 0) is 23.1 Å². The average Bonchev–Trinajstić information content (AvgIpc) is 2.14. The lowest BCUT2D eigenvalue weighted by Gasteiger charge is -2.27. The molecule has 1 aromatic carbocycles. The molecule has 0 aliphatic rings. The molecule has 0 saturated heterocycles. The Hall–Kier alpha value is -1.19. The Bertz CT molecular complexity index is 400. The van der Waals surface area contributed by atoms with Gasteiger partial charge in [-0.2, -0.15) is 13.2 Å². The van der Waals surface area contributed by atoms with Crippen LogP contribution in [0.4, 0.5) is 18.9 Å². The molecule has 0 spiro atoms. The first-order chi connectivity index (χ1) is 7.53. The van der Waals surface area contributed by atoms with E-state index in [9.17, 15) is 13.2 Å². The summed E-state index contributed by atoms with van der Waals surface area (Å²) in [5.41, 5.74) is 0.751. The fourth-order valence-corrected chi connectivity index (χ4v) is 1.71. The number of benzene rings is 1. The molecule has 0 fully saturated rings. The van der Waals surface area contributed by atoms with Gasteiger partial charge in [0.25, 0.3) is 0 Å². The lowest BCUT2D eigenvalue weighted by atomic mass is 9.85. The van der Waals surface area contributed by atoms with E-state index in [1.807, 2.05) is 20.8 Å². The molecule has 0 unspecified atom stereocenters. The van der Waals surface area contributed by atoms with E-state index in [0.29, 0.717) is 5.69 Å². The third kappa shape index (κ3) is 3.14. The Labute approximate surface area is 100 Å². The molecule has 0 aliphatic heterocycles. The molecule has 0 aromatic heterocycles. The molecule has 1 rings (SSSR count). The summed E-state index contributed by atoms with van der Waals surface area (Å²) in [4.78, 5) is 1.72. The van der Waals surface area contributed by atoms with Gasteiger partial charge in [0.2, 0.25) is 0 Å². The molecule has 1 aromatic rings. The van der Waals surface area contributed by atoms with Crippen LogP contribution in [0.1, 0.15) is 31.9 Å². The lowest BCUT2D eigenvalue weighted by Crippen LogP contribution is -2.20. The molecule has 1 nitrogen and oxygen atoms in total. The van der Waals surface area contributed by atoms with Crippen LogP contribution in [0.2, 0.25) is 0 Å². The zero-order valence-corrected chi connectivity index (χ0v) is 10.8. The maximum atomic E-state index is 12.6.